The number of allylic oxidation sites excluding steroid dienone is 2. The number of hydrazine groups is 1. The van der Waals surface area contributed by atoms with E-state index >= 15 is 9.59 Å². The Balaban J connectivity index is 1.20. The Morgan fingerprint density at radius 1 is 0.903 bits per heavy atom. The molecule has 15 heteroatoms. The van der Waals surface area contributed by atoms with Crippen LogP contribution in [-0.2, 0) is 37.4 Å². The molecule has 2 aliphatic heterocycles. The van der Waals surface area contributed by atoms with Gasteiger partial charge in [-0.15, -0.1) is 0 Å². The highest BCUT2D eigenvalue weighted by molar-refractivity contribution is 6.33. The Morgan fingerprint density at radius 2 is 1.63 bits per heavy atom. The van der Waals surface area contributed by atoms with Crippen molar-refractivity contribution >= 4 is 64.4 Å². The average molecular weight is 880 g/mol. The van der Waals surface area contributed by atoms with Crippen LogP contribution in [0.3, 0.4) is 0 Å². The standard InChI is InChI=1S/C47H35Cl2F3N4O6/c1-2-25-8-14-30(15-9-25)55-42(58)34-19-18-32-35(39(34)44(55)60)22-36-43(59)56(54-41-37(49)20-28(23-53-41)47(50,51)52)45(61)46(36,27-10-12-29(48)13-11-27)40(32)33-17-16-31(21-38(33)57)62-24-26-6-4-3-5-7-26/h2-18,20-21,23,34-36,39-40,57H,1,19,22,24H2,(H,53,54)/t34-,35+,36-,39-,40+,46+/m0/s1. The molecule has 5 aromatic rings. The minimum Gasteiger partial charge on any atom is -0.508 e. The molecule has 4 amide bonds. The van der Waals surface area contributed by atoms with Crippen LogP contribution in [0.5, 0.6) is 11.5 Å². The number of hydrogen-bond acceptors (Lipinski definition) is 8. The number of carbonyl (C=O) groups excluding carboxylic acids is 4. The number of phenolic OH excluding ortho intramolecular Hbond substituents is 1. The number of alkyl halides is 3. The molecule has 1 saturated carbocycles. The van der Waals surface area contributed by atoms with Crippen LogP contribution in [0.2, 0.25) is 10.0 Å². The molecule has 9 rings (SSSR count). The SMILES string of the molecule is C=Cc1ccc(N2C(=O)[C@H]3[C@H](CC=C4[C@H]3C[C@H]3C(=O)N(Nc5ncc(C(F)(F)F)cc5Cl)C(=O)[C@@]3(c3ccc(Cl)cc3)[C@H]4c3ccc(OCc4ccccc4)cc3O)C2=O)cc1. The number of aromatic hydroxyl groups is 1. The number of nitrogens with zero attached hydrogens (tertiary/aromatic N) is 3. The topological polar surface area (TPSA) is 129 Å². The Bertz CT molecular complexity index is 2700. The minimum atomic E-state index is -4.77. The van der Waals surface area contributed by atoms with Crippen molar-refractivity contribution in [2.45, 2.75) is 37.0 Å². The lowest BCUT2D eigenvalue weighted by Crippen LogP contribution is -2.53. The zero-order chi connectivity index (χ0) is 43.7. The molecule has 2 N–H and O–H groups in total. The third kappa shape index (κ3) is 6.61. The van der Waals surface area contributed by atoms with E-state index in [1.165, 1.54) is 11.0 Å². The number of amides is 4. The first-order valence-corrected chi connectivity index (χ1v) is 20.4. The summed E-state index contributed by atoms with van der Waals surface area (Å²) in [5.74, 6) is -7.76. The summed E-state index contributed by atoms with van der Waals surface area (Å²) in [5.41, 5.74) is 2.80. The van der Waals surface area contributed by atoms with E-state index < -0.39 is 81.2 Å². The number of benzene rings is 4. The van der Waals surface area contributed by atoms with Crippen molar-refractivity contribution in [3.8, 4) is 11.5 Å². The van der Waals surface area contributed by atoms with Gasteiger partial charge < -0.3 is 9.84 Å². The molecule has 0 spiro atoms. The fourth-order valence-corrected chi connectivity index (χ4v) is 10.1. The molecule has 0 bridgehead atoms. The molecular weight excluding hydrogens is 844 g/mol. The van der Waals surface area contributed by atoms with Crippen LogP contribution in [-0.4, -0.2) is 38.7 Å². The van der Waals surface area contributed by atoms with Crippen LogP contribution < -0.4 is 15.1 Å². The fraction of sp³-hybridized carbons (Fsp3) is 0.213. The molecule has 3 fully saturated rings. The van der Waals surface area contributed by atoms with Gasteiger partial charge in [-0.3, -0.25) is 29.5 Å². The van der Waals surface area contributed by atoms with Gasteiger partial charge >= 0.3 is 6.18 Å². The number of imide groups is 2. The van der Waals surface area contributed by atoms with Gasteiger partial charge in [-0.05, 0) is 71.8 Å². The summed E-state index contributed by atoms with van der Waals surface area (Å²) in [7, 11) is 0. The van der Waals surface area contributed by atoms with E-state index in [0.717, 1.165) is 11.1 Å². The largest absolute Gasteiger partial charge is 0.508 e. The zero-order valence-electron chi connectivity index (χ0n) is 32.5. The monoisotopic (exact) mass is 878 g/mol. The summed E-state index contributed by atoms with van der Waals surface area (Å²) >= 11 is 12.7. The van der Waals surface area contributed by atoms with Crippen molar-refractivity contribution in [2.24, 2.45) is 23.7 Å². The molecule has 0 radical (unpaired) electrons. The van der Waals surface area contributed by atoms with Crippen LogP contribution in [0.25, 0.3) is 6.08 Å². The molecule has 3 heterocycles. The number of carbonyl (C=O) groups is 4. The molecule has 1 aromatic heterocycles. The first kappa shape index (κ1) is 40.9. The third-order valence-electron chi connectivity index (χ3n) is 12.5. The van der Waals surface area contributed by atoms with Gasteiger partial charge in [-0.25, -0.2) is 4.98 Å². The molecule has 2 saturated heterocycles. The summed E-state index contributed by atoms with van der Waals surface area (Å²) in [6, 6.07) is 27.8. The number of anilines is 2. The normalized spacial score (nSPS) is 24.3. The number of phenols is 1. The van der Waals surface area contributed by atoms with E-state index in [2.05, 4.69) is 17.0 Å². The molecule has 62 heavy (non-hydrogen) atoms. The lowest BCUT2D eigenvalue weighted by atomic mass is 9.49. The van der Waals surface area contributed by atoms with Crippen molar-refractivity contribution in [3.05, 3.63) is 165 Å². The van der Waals surface area contributed by atoms with E-state index in [-0.39, 0.29) is 30.8 Å². The number of pyridine rings is 1. The van der Waals surface area contributed by atoms with Crippen LogP contribution >= 0.6 is 23.2 Å². The predicted molar refractivity (Wildman–Crippen MR) is 225 cm³/mol. The second kappa shape index (κ2) is 15.5. The van der Waals surface area contributed by atoms with Gasteiger partial charge in [0.2, 0.25) is 11.8 Å². The summed E-state index contributed by atoms with van der Waals surface area (Å²) in [4.78, 5) is 64.4. The fourth-order valence-electron chi connectivity index (χ4n) is 9.74. The van der Waals surface area contributed by atoms with E-state index in [0.29, 0.717) is 44.9 Å². The maximum Gasteiger partial charge on any atom is 0.417 e. The summed E-state index contributed by atoms with van der Waals surface area (Å²) in [6.07, 6.45) is -0.743. The first-order chi connectivity index (χ1) is 29.7. The van der Waals surface area contributed by atoms with Gasteiger partial charge in [0.05, 0.1) is 39.4 Å². The Hall–Kier alpha value is -6.44. The highest BCUT2D eigenvalue weighted by Crippen LogP contribution is 2.65. The molecule has 0 unspecified atom stereocenters. The number of aromatic nitrogens is 1. The van der Waals surface area contributed by atoms with Gasteiger partial charge in [0.25, 0.3) is 11.8 Å². The Morgan fingerprint density at radius 3 is 2.29 bits per heavy atom. The predicted octanol–water partition coefficient (Wildman–Crippen LogP) is 9.52. The Kier molecular flexibility index (Phi) is 10.2. The van der Waals surface area contributed by atoms with E-state index in [4.69, 9.17) is 27.9 Å². The number of rotatable bonds is 9. The van der Waals surface area contributed by atoms with Gasteiger partial charge in [0.15, 0.2) is 5.82 Å². The van der Waals surface area contributed by atoms with Crippen LogP contribution in [0.15, 0.2) is 128 Å². The maximum absolute atomic E-state index is 15.5. The molecule has 314 valence electrons. The maximum atomic E-state index is 15.5. The Labute approximate surface area is 363 Å². The summed E-state index contributed by atoms with van der Waals surface area (Å²) < 4.78 is 46.8. The van der Waals surface area contributed by atoms with Gasteiger partial charge in [0, 0.05) is 28.8 Å². The highest BCUT2D eigenvalue weighted by Gasteiger charge is 2.70. The lowest BCUT2D eigenvalue weighted by Gasteiger charge is -2.50. The summed E-state index contributed by atoms with van der Waals surface area (Å²) in [5, 5.41) is 12.6. The molecule has 10 nitrogen and oxygen atoms in total. The van der Waals surface area contributed by atoms with Gasteiger partial charge in [0.1, 0.15) is 18.1 Å². The highest BCUT2D eigenvalue weighted by atomic mass is 35.5. The number of nitrogens with one attached hydrogen (secondary N) is 1. The molecule has 2 aliphatic carbocycles. The summed E-state index contributed by atoms with van der Waals surface area (Å²) in [6.45, 7) is 3.96. The quantitative estimate of drug-likeness (QED) is 0.111. The van der Waals surface area contributed by atoms with Gasteiger partial charge in [-0.2, -0.15) is 18.2 Å². The second-order valence-corrected chi connectivity index (χ2v) is 16.6. The number of ether oxygens (including phenoxy) is 1. The minimum absolute atomic E-state index is 0.0929. The smallest absolute Gasteiger partial charge is 0.417 e. The number of halogens is 5. The average Bonchev–Trinajstić information content (AvgIpc) is 3.64. The van der Waals surface area contributed by atoms with Gasteiger partial charge in [-0.1, -0.05) is 108 Å². The van der Waals surface area contributed by atoms with Crippen LogP contribution in [0.4, 0.5) is 24.7 Å². The van der Waals surface area contributed by atoms with E-state index in [1.807, 2.05) is 36.4 Å². The molecule has 6 atom stereocenters. The lowest BCUT2D eigenvalue weighted by molar-refractivity contribution is -0.139. The molecule has 4 aromatic carbocycles. The van der Waals surface area contributed by atoms with Crippen LogP contribution in [0, 0.1) is 23.7 Å². The van der Waals surface area contributed by atoms with E-state index in [9.17, 15) is 27.9 Å². The van der Waals surface area contributed by atoms with Crippen molar-refractivity contribution in [3.63, 3.8) is 0 Å². The van der Waals surface area contributed by atoms with Crippen molar-refractivity contribution in [1.29, 1.82) is 0 Å². The molecular formula is C47H35Cl2F3N4O6. The first-order valence-electron chi connectivity index (χ1n) is 19.7. The number of fused-ring (bicyclic) bond motifs is 4. The third-order valence-corrected chi connectivity index (χ3v) is 13.0. The zero-order valence-corrected chi connectivity index (χ0v) is 34.0. The molecule has 4 aliphatic rings. The van der Waals surface area contributed by atoms with Crippen molar-refractivity contribution in [2.75, 3.05) is 10.3 Å². The van der Waals surface area contributed by atoms with Crippen molar-refractivity contribution < 1.29 is 42.2 Å². The van der Waals surface area contributed by atoms with E-state index in [1.54, 1.807) is 66.7 Å². The van der Waals surface area contributed by atoms with Crippen molar-refractivity contribution in [1.82, 2.24) is 9.99 Å². The second-order valence-electron chi connectivity index (χ2n) is 15.7. The van der Waals surface area contributed by atoms with Crippen LogP contribution in [0.1, 0.15) is 46.6 Å². The number of hydrogen-bond donors (Lipinski definition) is 2.